The van der Waals surface area contributed by atoms with E-state index >= 15 is 0 Å². The number of hydrazone groups is 1. The third-order valence-corrected chi connectivity index (χ3v) is 4.56. The van der Waals surface area contributed by atoms with Crippen LogP contribution < -0.4 is 11.2 Å². The van der Waals surface area contributed by atoms with Crippen LogP contribution in [0.5, 0.6) is 5.88 Å². The third kappa shape index (κ3) is 3.01. The molecule has 0 bridgehead atoms. The summed E-state index contributed by atoms with van der Waals surface area (Å²) >= 11 is 5.91. The van der Waals surface area contributed by atoms with E-state index in [0.717, 1.165) is 17.7 Å². The van der Waals surface area contributed by atoms with Gasteiger partial charge in [-0.3, -0.25) is 0 Å². The minimum absolute atomic E-state index is 0.0749. The molecule has 2 unspecified atom stereocenters. The number of hydrogen-bond acceptors (Lipinski definition) is 6. The van der Waals surface area contributed by atoms with Crippen molar-refractivity contribution in [3.05, 3.63) is 64.4 Å². The van der Waals surface area contributed by atoms with Crippen molar-refractivity contribution in [2.24, 2.45) is 10.8 Å². The normalized spacial score (nSPS) is 17.6. The molecule has 2 aromatic carbocycles. The van der Waals surface area contributed by atoms with Crippen LogP contribution in [-0.4, -0.2) is 27.8 Å². The lowest BCUT2D eigenvalue weighted by Crippen LogP contribution is -2.15. The first-order valence-corrected chi connectivity index (χ1v) is 8.27. The van der Waals surface area contributed by atoms with Gasteiger partial charge in [0.2, 0.25) is 5.88 Å². The van der Waals surface area contributed by atoms with Crippen LogP contribution >= 0.6 is 11.6 Å². The maximum atomic E-state index is 10.4. The van der Waals surface area contributed by atoms with Gasteiger partial charge >= 0.3 is 0 Å². The zero-order valence-corrected chi connectivity index (χ0v) is 14.0. The molecule has 0 saturated heterocycles. The number of nitrogens with zero attached hydrogens (tertiary/aromatic N) is 3. The van der Waals surface area contributed by atoms with Gasteiger partial charge in [0.05, 0.1) is 16.9 Å². The molecule has 0 saturated carbocycles. The summed E-state index contributed by atoms with van der Waals surface area (Å²) in [6, 6.07) is 12.4. The minimum Gasteiger partial charge on any atom is -0.493 e. The molecule has 2 atom stereocenters. The van der Waals surface area contributed by atoms with Crippen LogP contribution in [-0.2, 0) is 0 Å². The number of aromatic nitrogens is 2. The van der Waals surface area contributed by atoms with Crippen LogP contribution in [0.2, 0.25) is 5.02 Å². The maximum absolute atomic E-state index is 10.4. The summed E-state index contributed by atoms with van der Waals surface area (Å²) in [6.45, 7) is 0.743. The lowest BCUT2D eigenvalue weighted by Gasteiger charge is -2.13. The Balaban J connectivity index is 1.73. The van der Waals surface area contributed by atoms with E-state index in [1.54, 1.807) is 12.1 Å². The number of aromatic hydroxyl groups is 1. The molecule has 3 aromatic rings. The number of nitrogens with two attached hydrogens (primary N) is 1. The van der Waals surface area contributed by atoms with E-state index < -0.39 is 6.04 Å². The standard InChI is InChI=1S/C18H16ClN5O/c19-13-4-1-10(2-5-13)16(20)17-23-15-6-3-11(12-8-21-22-9-12)7-14(15)18(25)24-17/h1-8,12,16,22H,9,20H2,(H,23,24,25). The maximum Gasteiger partial charge on any atom is 0.222 e. The van der Waals surface area contributed by atoms with Gasteiger partial charge < -0.3 is 16.3 Å². The highest BCUT2D eigenvalue weighted by molar-refractivity contribution is 6.30. The van der Waals surface area contributed by atoms with Gasteiger partial charge in [-0.1, -0.05) is 29.8 Å². The molecule has 0 spiro atoms. The Hall–Kier alpha value is -2.70. The van der Waals surface area contributed by atoms with E-state index in [2.05, 4.69) is 20.5 Å². The van der Waals surface area contributed by atoms with Crippen LogP contribution in [0.1, 0.15) is 28.9 Å². The monoisotopic (exact) mass is 353 g/mol. The first kappa shape index (κ1) is 15.8. The summed E-state index contributed by atoms with van der Waals surface area (Å²) in [5.74, 6) is 0.470. The molecule has 4 N–H and O–H groups in total. The van der Waals surface area contributed by atoms with Gasteiger partial charge in [0.15, 0.2) is 5.82 Å². The Morgan fingerprint density at radius 1 is 1.16 bits per heavy atom. The number of rotatable bonds is 3. The second kappa shape index (κ2) is 6.31. The number of nitrogens with one attached hydrogen (secondary N) is 1. The molecule has 126 valence electrons. The van der Waals surface area contributed by atoms with E-state index in [1.165, 1.54) is 0 Å². The molecule has 0 fully saturated rings. The average Bonchev–Trinajstić information content (AvgIpc) is 3.16. The molecule has 0 amide bonds. The molecule has 4 rings (SSSR count). The molecular weight excluding hydrogens is 338 g/mol. The first-order valence-electron chi connectivity index (χ1n) is 7.89. The second-order valence-electron chi connectivity index (χ2n) is 5.96. The molecule has 6 nitrogen and oxygen atoms in total. The van der Waals surface area contributed by atoms with Crippen LogP contribution in [0.15, 0.2) is 47.6 Å². The second-order valence-corrected chi connectivity index (χ2v) is 6.39. The van der Waals surface area contributed by atoms with E-state index in [-0.39, 0.29) is 11.8 Å². The Kier molecular flexibility index (Phi) is 3.99. The van der Waals surface area contributed by atoms with Crippen LogP contribution in [0, 0.1) is 0 Å². The lowest BCUT2D eigenvalue weighted by molar-refractivity contribution is 0.455. The fraction of sp³-hybridized carbons (Fsp3) is 0.167. The number of fused-ring (bicyclic) bond motifs is 1. The highest BCUT2D eigenvalue weighted by Crippen LogP contribution is 2.28. The van der Waals surface area contributed by atoms with Crippen molar-refractivity contribution in [1.82, 2.24) is 15.4 Å². The van der Waals surface area contributed by atoms with Crippen molar-refractivity contribution in [3.8, 4) is 5.88 Å². The zero-order chi connectivity index (χ0) is 17.4. The molecule has 0 aliphatic carbocycles. The number of hydrogen-bond donors (Lipinski definition) is 3. The van der Waals surface area contributed by atoms with Crippen molar-refractivity contribution < 1.29 is 5.11 Å². The Bertz CT molecular complexity index is 958. The topological polar surface area (TPSA) is 96.4 Å². The fourth-order valence-corrected chi connectivity index (χ4v) is 3.01. The Morgan fingerprint density at radius 2 is 1.96 bits per heavy atom. The van der Waals surface area contributed by atoms with Crippen LogP contribution in [0.3, 0.4) is 0 Å². The zero-order valence-electron chi connectivity index (χ0n) is 13.2. The van der Waals surface area contributed by atoms with Gasteiger partial charge in [0, 0.05) is 23.7 Å². The quantitative estimate of drug-likeness (QED) is 0.672. The minimum atomic E-state index is -0.543. The van der Waals surface area contributed by atoms with Gasteiger partial charge in [-0.25, -0.2) is 4.98 Å². The number of benzene rings is 2. The Labute approximate surface area is 149 Å². The van der Waals surface area contributed by atoms with E-state index in [0.29, 0.717) is 21.7 Å². The molecule has 1 aromatic heterocycles. The van der Waals surface area contributed by atoms with Crippen molar-refractivity contribution >= 4 is 28.7 Å². The summed E-state index contributed by atoms with van der Waals surface area (Å²) in [7, 11) is 0. The summed E-state index contributed by atoms with van der Waals surface area (Å²) in [5, 5.41) is 15.6. The summed E-state index contributed by atoms with van der Waals surface area (Å²) in [6.07, 6.45) is 1.85. The summed E-state index contributed by atoms with van der Waals surface area (Å²) in [4.78, 5) is 8.73. The van der Waals surface area contributed by atoms with Gasteiger partial charge in [0.1, 0.15) is 0 Å². The molecule has 1 aliphatic heterocycles. The molecular formula is C18H16ClN5O. The molecule has 0 radical (unpaired) electrons. The summed E-state index contributed by atoms with van der Waals surface area (Å²) in [5.41, 5.74) is 11.7. The van der Waals surface area contributed by atoms with Gasteiger partial charge in [-0.15, -0.1) is 0 Å². The highest BCUT2D eigenvalue weighted by atomic mass is 35.5. The van der Waals surface area contributed by atoms with E-state index in [9.17, 15) is 5.11 Å². The van der Waals surface area contributed by atoms with Crippen molar-refractivity contribution in [2.75, 3.05) is 6.54 Å². The third-order valence-electron chi connectivity index (χ3n) is 4.31. The van der Waals surface area contributed by atoms with Crippen LogP contribution in [0.4, 0.5) is 0 Å². The largest absolute Gasteiger partial charge is 0.493 e. The van der Waals surface area contributed by atoms with Crippen LogP contribution in [0.25, 0.3) is 10.9 Å². The number of halogens is 1. The molecule has 25 heavy (non-hydrogen) atoms. The van der Waals surface area contributed by atoms with E-state index in [1.807, 2.05) is 36.5 Å². The SMILES string of the molecule is NC(c1ccc(Cl)cc1)c1nc(O)c2cc(C3C=NNC3)ccc2n1. The molecule has 7 heteroatoms. The first-order chi connectivity index (χ1) is 12.1. The fourth-order valence-electron chi connectivity index (χ4n) is 2.89. The average molecular weight is 354 g/mol. The molecule has 2 heterocycles. The predicted molar refractivity (Wildman–Crippen MR) is 97.9 cm³/mol. The van der Waals surface area contributed by atoms with E-state index in [4.69, 9.17) is 17.3 Å². The molecule has 1 aliphatic rings. The predicted octanol–water partition coefficient (Wildman–Crippen LogP) is 2.71. The Morgan fingerprint density at radius 3 is 2.68 bits per heavy atom. The van der Waals surface area contributed by atoms with Gasteiger partial charge in [-0.2, -0.15) is 10.1 Å². The van der Waals surface area contributed by atoms with Crippen molar-refractivity contribution in [2.45, 2.75) is 12.0 Å². The lowest BCUT2D eigenvalue weighted by atomic mass is 9.99. The summed E-state index contributed by atoms with van der Waals surface area (Å²) < 4.78 is 0. The smallest absolute Gasteiger partial charge is 0.222 e. The highest BCUT2D eigenvalue weighted by Gasteiger charge is 2.18. The van der Waals surface area contributed by atoms with Gasteiger partial charge in [-0.05, 0) is 35.4 Å². The van der Waals surface area contributed by atoms with Crippen molar-refractivity contribution in [1.29, 1.82) is 0 Å². The van der Waals surface area contributed by atoms with Gasteiger partial charge in [0.25, 0.3) is 0 Å². The van der Waals surface area contributed by atoms with Crippen molar-refractivity contribution in [3.63, 3.8) is 0 Å².